The molecule has 57 heavy (non-hydrogen) atoms. The van der Waals surface area contributed by atoms with Gasteiger partial charge in [0.1, 0.15) is 5.58 Å². The molecule has 0 unspecified atom stereocenters. The smallest absolute Gasteiger partial charge is 0.252 e. The van der Waals surface area contributed by atoms with Crippen molar-refractivity contribution in [3.05, 3.63) is 188 Å². The average Bonchev–Trinajstić information content (AvgIpc) is 3.64. The largest absolute Gasteiger partial charge is 0.454 e. The lowest BCUT2D eigenvalue weighted by Gasteiger charge is -2.45. The molecule has 11 rings (SSSR count). The molecule has 8 aromatic carbocycles. The van der Waals surface area contributed by atoms with Crippen molar-refractivity contribution < 1.29 is 4.42 Å². The Morgan fingerprint density at radius 2 is 1.05 bits per heavy atom. The minimum atomic E-state index is -1.81. The molecule has 0 bridgehead atoms. The highest BCUT2D eigenvalue weighted by Gasteiger charge is 2.44. The van der Waals surface area contributed by atoms with Gasteiger partial charge in [-0.05, 0) is 95.3 Å². The minimum absolute atomic E-state index is 0.0369. The van der Waals surface area contributed by atoms with Crippen molar-refractivity contribution in [3.63, 3.8) is 0 Å². The van der Waals surface area contributed by atoms with Crippen LogP contribution in [0.2, 0.25) is 19.6 Å². The molecule has 9 aromatic rings. The molecular weight excluding hydrogens is 709 g/mol. The average molecular weight is 750 g/mol. The predicted octanol–water partition coefficient (Wildman–Crippen LogP) is 11.7. The Bertz CT molecular complexity index is 2980. The van der Waals surface area contributed by atoms with E-state index in [4.69, 9.17) is 4.42 Å². The van der Waals surface area contributed by atoms with Crippen LogP contribution in [0.15, 0.2) is 192 Å². The van der Waals surface area contributed by atoms with Crippen molar-refractivity contribution in [1.29, 1.82) is 0 Å². The Morgan fingerprint density at radius 1 is 0.474 bits per heavy atom. The normalized spacial score (nSPS) is 13.1. The lowest BCUT2D eigenvalue weighted by molar-refractivity contribution is 0.669. The predicted molar refractivity (Wildman–Crippen MR) is 245 cm³/mol. The van der Waals surface area contributed by atoms with Gasteiger partial charge in [0.25, 0.3) is 6.71 Å². The summed E-state index contributed by atoms with van der Waals surface area (Å²) in [6.07, 6.45) is 0. The van der Waals surface area contributed by atoms with Gasteiger partial charge in [-0.15, -0.1) is 0 Å². The van der Waals surface area contributed by atoms with Crippen LogP contribution in [-0.2, 0) is 0 Å². The summed E-state index contributed by atoms with van der Waals surface area (Å²) in [5, 5.41) is 3.66. The molecule has 0 atom stereocenters. The van der Waals surface area contributed by atoms with Crippen molar-refractivity contribution >= 4 is 109 Å². The molecule has 0 amide bonds. The summed E-state index contributed by atoms with van der Waals surface area (Å²) in [7, 11) is -1.81. The third kappa shape index (κ3) is 5.28. The van der Waals surface area contributed by atoms with Crippen LogP contribution in [0.1, 0.15) is 0 Å². The van der Waals surface area contributed by atoms with E-state index in [9.17, 15) is 0 Å². The molecule has 0 radical (unpaired) electrons. The molecule has 3 heterocycles. The molecule has 1 aromatic heterocycles. The summed E-state index contributed by atoms with van der Waals surface area (Å²) >= 11 is 0. The Morgan fingerprint density at radius 3 is 1.75 bits per heavy atom. The first-order valence-electron chi connectivity index (χ1n) is 19.8. The van der Waals surface area contributed by atoms with Crippen LogP contribution in [0.3, 0.4) is 0 Å². The van der Waals surface area contributed by atoms with Gasteiger partial charge in [0.2, 0.25) is 0 Å². The van der Waals surface area contributed by atoms with E-state index in [1.165, 1.54) is 50.0 Å². The number of furan rings is 1. The van der Waals surface area contributed by atoms with Crippen LogP contribution < -0.4 is 36.3 Å². The zero-order valence-corrected chi connectivity index (χ0v) is 33.2. The molecule has 0 saturated carbocycles. The summed E-state index contributed by atoms with van der Waals surface area (Å²) < 4.78 is 6.69. The van der Waals surface area contributed by atoms with Crippen molar-refractivity contribution in [2.75, 3.05) is 14.7 Å². The van der Waals surface area contributed by atoms with Crippen molar-refractivity contribution in [2.24, 2.45) is 0 Å². The lowest BCUT2D eigenvalue weighted by Crippen LogP contribution is -2.62. The zero-order valence-electron chi connectivity index (χ0n) is 32.2. The van der Waals surface area contributed by atoms with E-state index >= 15 is 0 Å². The maximum atomic E-state index is 6.69. The molecule has 2 aliphatic heterocycles. The van der Waals surface area contributed by atoms with E-state index in [0.717, 1.165) is 44.7 Å². The van der Waals surface area contributed by atoms with Gasteiger partial charge in [-0.3, -0.25) is 0 Å². The molecule has 6 heteroatoms. The summed E-state index contributed by atoms with van der Waals surface area (Å²) in [4.78, 5) is 7.39. The molecule has 0 N–H and O–H groups in total. The highest BCUT2D eigenvalue weighted by atomic mass is 28.3. The van der Waals surface area contributed by atoms with E-state index in [0.29, 0.717) is 0 Å². The number of nitrogens with zero attached hydrogens (tertiary/aromatic N) is 3. The van der Waals surface area contributed by atoms with Gasteiger partial charge in [-0.2, -0.15) is 0 Å². The maximum absolute atomic E-state index is 6.69. The number of benzene rings is 8. The summed E-state index contributed by atoms with van der Waals surface area (Å²) in [6.45, 7) is 7.41. The van der Waals surface area contributed by atoms with E-state index in [2.05, 4.69) is 216 Å². The van der Waals surface area contributed by atoms with E-state index in [1.807, 2.05) is 6.07 Å². The van der Waals surface area contributed by atoms with Gasteiger partial charge in [-0.25, -0.2) is 0 Å². The fourth-order valence-electron chi connectivity index (χ4n) is 9.13. The summed E-state index contributed by atoms with van der Waals surface area (Å²) in [6, 6.07) is 68.5. The van der Waals surface area contributed by atoms with Crippen molar-refractivity contribution in [1.82, 2.24) is 0 Å². The SMILES string of the molecule is C[Si](C)(C)c1cc2c3c(c1)N(c1ccccc1)c1cc(N(c4ccccc4)c4cccc5c4oc4ccccc45)ccc1B3c1ccccc1N2c1ccccc1. The van der Waals surface area contributed by atoms with E-state index in [1.54, 1.807) is 0 Å². The fraction of sp³-hybridized carbons (Fsp3) is 0.0588. The number of anilines is 9. The number of hydrogen-bond acceptors (Lipinski definition) is 4. The standard InChI is InChI=1S/C51H40BN3OSi/c1-57(2,3)39-33-47-50-48(34-39)55(37-22-11-6-12-23-37)46-32-38(30-31-43(46)52(50)42-26-14-15-27-44(42)54(47)36-20-9-5-10-21-36)53(35-18-7-4-8-19-35)45-28-17-25-41-40-24-13-16-29-49(40)56-51(41)45/h4-34H,1-3H3. The van der Waals surface area contributed by atoms with Crippen LogP contribution in [0.4, 0.5) is 51.2 Å². The highest BCUT2D eigenvalue weighted by molar-refractivity contribution is 7.00. The molecule has 0 aliphatic carbocycles. The van der Waals surface area contributed by atoms with Crippen LogP contribution in [-0.4, -0.2) is 14.8 Å². The summed E-state index contributed by atoms with van der Waals surface area (Å²) in [5.41, 5.74) is 16.0. The Kier molecular flexibility index (Phi) is 7.60. The molecular formula is C51H40BN3OSi. The van der Waals surface area contributed by atoms with Gasteiger partial charge in [0, 0.05) is 56.3 Å². The Balaban J connectivity index is 1.21. The molecule has 0 fully saturated rings. The molecule has 272 valence electrons. The van der Waals surface area contributed by atoms with Crippen LogP contribution >= 0.6 is 0 Å². The van der Waals surface area contributed by atoms with Crippen molar-refractivity contribution in [3.8, 4) is 0 Å². The summed E-state index contributed by atoms with van der Waals surface area (Å²) in [5.74, 6) is 0. The first-order valence-corrected chi connectivity index (χ1v) is 23.3. The van der Waals surface area contributed by atoms with Crippen molar-refractivity contribution in [2.45, 2.75) is 19.6 Å². The minimum Gasteiger partial charge on any atom is -0.454 e. The zero-order chi connectivity index (χ0) is 38.3. The monoisotopic (exact) mass is 749 g/mol. The maximum Gasteiger partial charge on any atom is 0.252 e. The van der Waals surface area contributed by atoms with Gasteiger partial charge < -0.3 is 19.1 Å². The second-order valence-corrected chi connectivity index (χ2v) is 21.3. The van der Waals surface area contributed by atoms with Crippen LogP contribution in [0.25, 0.3) is 21.9 Å². The second kappa shape index (κ2) is 12.9. The molecule has 0 saturated heterocycles. The van der Waals surface area contributed by atoms with E-state index in [-0.39, 0.29) is 6.71 Å². The van der Waals surface area contributed by atoms with Crippen LogP contribution in [0.5, 0.6) is 0 Å². The van der Waals surface area contributed by atoms with Gasteiger partial charge >= 0.3 is 0 Å². The fourth-order valence-corrected chi connectivity index (χ4v) is 10.3. The van der Waals surface area contributed by atoms with Gasteiger partial charge in [0.05, 0.1) is 13.8 Å². The topological polar surface area (TPSA) is 22.9 Å². The Labute approximate surface area is 334 Å². The third-order valence-electron chi connectivity index (χ3n) is 11.8. The van der Waals surface area contributed by atoms with Crippen LogP contribution in [0, 0.1) is 0 Å². The van der Waals surface area contributed by atoms with Gasteiger partial charge in [0.15, 0.2) is 5.58 Å². The lowest BCUT2D eigenvalue weighted by atomic mass is 9.33. The quantitative estimate of drug-likeness (QED) is 0.158. The number of fused-ring (bicyclic) bond motifs is 7. The molecule has 2 aliphatic rings. The number of para-hydroxylation sites is 6. The number of rotatable bonds is 6. The highest BCUT2D eigenvalue weighted by Crippen LogP contribution is 2.47. The first kappa shape index (κ1) is 33.6. The van der Waals surface area contributed by atoms with Gasteiger partial charge in [-0.1, -0.05) is 134 Å². The van der Waals surface area contributed by atoms with E-state index < -0.39 is 8.07 Å². The first-order chi connectivity index (χ1) is 27.9. The molecule has 4 nitrogen and oxygen atoms in total. The second-order valence-electron chi connectivity index (χ2n) is 16.2. The number of hydrogen-bond donors (Lipinski definition) is 0. The third-order valence-corrected chi connectivity index (χ3v) is 13.8. The molecule has 0 spiro atoms. The Hall–Kier alpha value is -6.76.